The van der Waals surface area contributed by atoms with Gasteiger partial charge in [0.15, 0.2) is 5.79 Å². The van der Waals surface area contributed by atoms with Gasteiger partial charge in [0.25, 0.3) is 11.5 Å². The van der Waals surface area contributed by atoms with Crippen molar-refractivity contribution in [3.63, 3.8) is 0 Å². The topological polar surface area (TPSA) is 90.8 Å². The Balaban J connectivity index is 1.61. The number of carbonyl (C=O) groups excluding carboxylic acids is 1. The van der Waals surface area contributed by atoms with Gasteiger partial charge in [-0.25, -0.2) is 9.87 Å². The molecule has 1 aromatic heterocycles. The fourth-order valence-corrected chi connectivity index (χ4v) is 4.52. The Morgan fingerprint density at radius 3 is 2.91 bits per heavy atom. The molecule has 11 heteroatoms. The van der Waals surface area contributed by atoms with Crippen LogP contribution in [0.25, 0.3) is 0 Å². The summed E-state index contributed by atoms with van der Waals surface area (Å²) in [5.41, 5.74) is 2.79. The van der Waals surface area contributed by atoms with E-state index in [4.69, 9.17) is 25.9 Å². The van der Waals surface area contributed by atoms with Gasteiger partial charge in [-0.2, -0.15) is 0 Å². The molecule has 4 rings (SSSR count). The van der Waals surface area contributed by atoms with Crippen LogP contribution >= 0.6 is 34.2 Å². The molecule has 1 amide bonds. The molecule has 0 spiro atoms. The van der Waals surface area contributed by atoms with Crippen molar-refractivity contribution < 1.29 is 23.5 Å². The monoisotopic (exact) mass is 577 g/mol. The van der Waals surface area contributed by atoms with Crippen molar-refractivity contribution in [3.05, 3.63) is 54.2 Å². The molecule has 2 aliphatic rings. The number of anilines is 2. The zero-order valence-corrected chi connectivity index (χ0v) is 20.4. The van der Waals surface area contributed by atoms with Crippen LogP contribution in [0.15, 0.2) is 23.0 Å². The van der Waals surface area contributed by atoms with Crippen LogP contribution < -0.4 is 16.4 Å². The summed E-state index contributed by atoms with van der Waals surface area (Å²) in [6.07, 6.45) is 0.861. The Morgan fingerprint density at radius 2 is 2.22 bits per heavy atom. The quantitative estimate of drug-likeness (QED) is 0.402. The predicted octanol–water partition coefficient (Wildman–Crippen LogP) is 3.75. The highest BCUT2D eigenvalue weighted by atomic mass is 127. The Bertz CT molecular complexity index is 1120. The van der Waals surface area contributed by atoms with Crippen LogP contribution in [-0.2, 0) is 27.3 Å². The highest BCUT2D eigenvalue weighted by Crippen LogP contribution is 2.33. The van der Waals surface area contributed by atoms with Crippen molar-refractivity contribution in [2.75, 3.05) is 18.5 Å². The van der Waals surface area contributed by atoms with Crippen LogP contribution in [0.2, 0.25) is 5.02 Å². The number of rotatable bonds is 6. The van der Waals surface area contributed by atoms with Crippen LogP contribution in [0.1, 0.15) is 36.3 Å². The number of carbonyl (C=O) groups is 1. The second-order valence-corrected chi connectivity index (χ2v) is 9.64. The highest BCUT2D eigenvalue weighted by molar-refractivity contribution is 14.1. The van der Waals surface area contributed by atoms with Crippen LogP contribution in [0.3, 0.4) is 0 Å². The van der Waals surface area contributed by atoms with Gasteiger partial charge < -0.3 is 19.4 Å². The average Bonchev–Trinajstić information content (AvgIpc) is 3.34. The first-order chi connectivity index (χ1) is 15.2. The molecule has 0 saturated carbocycles. The summed E-state index contributed by atoms with van der Waals surface area (Å²) in [4.78, 5) is 31.2. The van der Waals surface area contributed by atoms with Gasteiger partial charge in [0.05, 0.1) is 23.5 Å². The summed E-state index contributed by atoms with van der Waals surface area (Å²) in [6, 6.07) is 4.56. The van der Waals surface area contributed by atoms with Crippen molar-refractivity contribution in [2.24, 2.45) is 0 Å². The second-order valence-electron chi connectivity index (χ2n) is 8.01. The SMILES string of the molecule is CC1(C)OCC(CONC(=O)c2c(Nc3ccc(I)cc3F)c(Cl)c(=O)n3c2CCC3)O1. The number of fused-ring (bicyclic) bond motifs is 1. The number of amides is 1. The van der Waals surface area contributed by atoms with Crippen molar-refractivity contribution in [1.29, 1.82) is 0 Å². The molecular formula is C21H22ClFIN3O5. The Labute approximate surface area is 202 Å². The van der Waals surface area contributed by atoms with Gasteiger partial charge in [0, 0.05) is 15.8 Å². The van der Waals surface area contributed by atoms with Crippen LogP contribution in [0.4, 0.5) is 15.8 Å². The van der Waals surface area contributed by atoms with E-state index < -0.39 is 23.1 Å². The van der Waals surface area contributed by atoms with Gasteiger partial charge in [-0.3, -0.25) is 14.4 Å². The van der Waals surface area contributed by atoms with E-state index in [2.05, 4.69) is 10.8 Å². The lowest BCUT2D eigenvalue weighted by Gasteiger charge is -2.19. The fraction of sp³-hybridized carbons (Fsp3) is 0.429. The summed E-state index contributed by atoms with van der Waals surface area (Å²) in [7, 11) is 0. The summed E-state index contributed by atoms with van der Waals surface area (Å²) in [6.45, 7) is 4.45. The van der Waals surface area contributed by atoms with E-state index in [1.807, 2.05) is 22.6 Å². The Kier molecular flexibility index (Phi) is 6.78. The zero-order chi connectivity index (χ0) is 23.0. The van der Waals surface area contributed by atoms with Gasteiger partial charge in [-0.05, 0) is 67.5 Å². The average molecular weight is 578 g/mol. The molecular weight excluding hydrogens is 556 g/mol. The highest BCUT2D eigenvalue weighted by Gasteiger charge is 2.33. The molecule has 2 aliphatic heterocycles. The summed E-state index contributed by atoms with van der Waals surface area (Å²) in [5, 5.41) is 2.66. The minimum Gasteiger partial charge on any atom is -0.351 e. The maximum atomic E-state index is 14.5. The molecule has 0 bridgehead atoms. The Morgan fingerprint density at radius 1 is 1.44 bits per heavy atom. The summed E-state index contributed by atoms with van der Waals surface area (Å²) >= 11 is 8.34. The molecule has 1 aromatic carbocycles. The number of pyridine rings is 1. The third kappa shape index (κ3) is 4.79. The second kappa shape index (κ2) is 9.26. The van der Waals surface area contributed by atoms with Crippen molar-refractivity contribution in [1.82, 2.24) is 10.0 Å². The first-order valence-corrected chi connectivity index (χ1v) is 11.5. The van der Waals surface area contributed by atoms with Gasteiger partial charge in [0.1, 0.15) is 23.6 Å². The van der Waals surface area contributed by atoms with Crippen molar-refractivity contribution in [2.45, 2.75) is 45.1 Å². The predicted molar refractivity (Wildman–Crippen MR) is 125 cm³/mol. The van der Waals surface area contributed by atoms with Gasteiger partial charge in [-0.1, -0.05) is 11.6 Å². The molecule has 1 saturated heterocycles. The molecule has 32 heavy (non-hydrogen) atoms. The third-order valence-corrected chi connectivity index (χ3v) is 6.25. The Hall–Kier alpha value is -1.73. The molecule has 172 valence electrons. The van der Waals surface area contributed by atoms with Crippen LogP contribution in [0.5, 0.6) is 0 Å². The molecule has 3 heterocycles. The molecule has 1 atom stereocenters. The molecule has 8 nitrogen and oxygen atoms in total. The lowest BCUT2D eigenvalue weighted by Crippen LogP contribution is -2.33. The number of ether oxygens (including phenoxy) is 2. The van der Waals surface area contributed by atoms with E-state index in [0.717, 1.165) is 0 Å². The van der Waals surface area contributed by atoms with Gasteiger partial charge in [0.2, 0.25) is 0 Å². The van der Waals surface area contributed by atoms with Crippen molar-refractivity contribution >= 4 is 51.5 Å². The van der Waals surface area contributed by atoms with Crippen LogP contribution in [0, 0.1) is 9.39 Å². The van der Waals surface area contributed by atoms with Crippen LogP contribution in [-0.4, -0.2) is 35.6 Å². The molecule has 1 fully saturated rings. The normalized spacial score (nSPS) is 19.1. The maximum Gasteiger partial charge on any atom is 0.278 e. The standard InChI is InChI=1S/C21H22ClFIN3O5/c1-21(2)30-9-12(32-21)10-31-26-19(28)16-15-4-3-7-27(15)20(29)17(22)18(16)25-14-6-5-11(24)8-13(14)23/h5-6,8,12,25H,3-4,7,9-10H2,1-2H3,(H,26,28). The first-order valence-electron chi connectivity index (χ1n) is 10.1. The number of hydrogen-bond donors (Lipinski definition) is 2. The summed E-state index contributed by atoms with van der Waals surface area (Å²) < 4.78 is 27.8. The van der Waals surface area contributed by atoms with E-state index in [1.165, 1.54) is 16.7 Å². The van der Waals surface area contributed by atoms with E-state index in [0.29, 0.717) is 35.3 Å². The number of halogens is 3. The van der Waals surface area contributed by atoms with Gasteiger partial charge in [-0.15, -0.1) is 0 Å². The lowest BCUT2D eigenvalue weighted by atomic mass is 10.1. The number of nitrogens with one attached hydrogen (secondary N) is 2. The minimum absolute atomic E-state index is 0.0487. The number of hydroxylamine groups is 1. The largest absolute Gasteiger partial charge is 0.351 e. The molecule has 2 aromatic rings. The smallest absolute Gasteiger partial charge is 0.278 e. The molecule has 2 N–H and O–H groups in total. The van der Waals surface area contributed by atoms with E-state index >= 15 is 0 Å². The molecule has 1 unspecified atom stereocenters. The van der Waals surface area contributed by atoms with E-state index in [9.17, 15) is 14.0 Å². The van der Waals surface area contributed by atoms with E-state index in [-0.39, 0.29) is 34.7 Å². The molecule has 0 aliphatic carbocycles. The number of nitrogens with zero attached hydrogens (tertiary/aromatic N) is 1. The fourth-order valence-electron chi connectivity index (χ4n) is 3.82. The summed E-state index contributed by atoms with van der Waals surface area (Å²) in [5.74, 6) is -1.83. The zero-order valence-electron chi connectivity index (χ0n) is 17.5. The maximum absolute atomic E-state index is 14.5. The molecule has 0 radical (unpaired) electrons. The van der Waals surface area contributed by atoms with Gasteiger partial charge >= 0.3 is 0 Å². The first kappa shape index (κ1) is 23.4. The lowest BCUT2D eigenvalue weighted by molar-refractivity contribution is -0.147. The number of hydrogen-bond acceptors (Lipinski definition) is 6. The van der Waals surface area contributed by atoms with E-state index in [1.54, 1.807) is 19.9 Å². The minimum atomic E-state index is -0.707. The number of benzene rings is 1. The third-order valence-electron chi connectivity index (χ3n) is 5.23. The van der Waals surface area contributed by atoms with Crippen molar-refractivity contribution in [3.8, 4) is 0 Å². The number of aromatic nitrogens is 1.